The zero-order valence-electron chi connectivity index (χ0n) is 17.3. The number of anilines is 1. The second-order valence-corrected chi connectivity index (χ2v) is 7.66. The van der Waals surface area contributed by atoms with Gasteiger partial charge in [0.05, 0.1) is 31.2 Å². The molecule has 0 radical (unpaired) electrons. The number of benzene rings is 1. The Morgan fingerprint density at radius 1 is 1.16 bits per heavy atom. The first-order chi connectivity index (χ1) is 15.2. The van der Waals surface area contributed by atoms with Gasteiger partial charge in [-0.05, 0) is 49.4 Å². The van der Waals surface area contributed by atoms with Crippen molar-refractivity contribution < 1.29 is 13.9 Å². The highest BCUT2D eigenvalue weighted by molar-refractivity contribution is 6.03. The summed E-state index contributed by atoms with van der Waals surface area (Å²) in [5.41, 5.74) is 5.00. The molecule has 1 fully saturated rings. The average Bonchev–Trinajstić information content (AvgIpc) is 3.44. The highest BCUT2D eigenvalue weighted by Gasteiger charge is 2.29. The van der Waals surface area contributed by atoms with Crippen LogP contribution in [0.3, 0.4) is 0 Å². The van der Waals surface area contributed by atoms with Crippen LogP contribution in [0.4, 0.5) is 5.69 Å². The van der Waals surface area contributed by atoms with Crippen molar-refractivity contribution in [2.75, 3.05) is 31.6 Å². The number of rotatable bonds is 5. The Hall–Kier alpha value is -3.42. The van der Waals surface area contributed by atoms with Crippen LogP contribution in [0.15, 0.2) is 65.4 Å². The van der Waals surface area contributed by atoms with Gasteiger partial charge in [-0.2, -0.15) is 0 Å². The Labute approximate surface area is 180 Å². The number of carbonyl (C=O) groups excluding carboxylic acids is 1. The molecule has 1 aromatic carbocycles. The van der Waals surface area contributed by atoms with Gasteiger partial charge in [0.25, 0.3) is 5.91 Å². The number of ether oxygens (including phenoxy) is 1. The summed E-state index contributed by atoms with van der Waals surface area (Å²) in [5, 5.41) is 4.00. The fraction of sp³-hybridized carbons (Fsp3) is 0.250. The fourth-order valence-electron chi connectivity index (χ4n) is 4.27. The number of aryl methyl sites for hydroxylation is 1. The third kappa shape index (κ3) is 3.85. The molecular weight excluding hydrogens is 392 g/mol. The van der Waals surface area contributed by atoms with Gasteiger partial charge in [-0.25, -0.2) is 0 Å². The summed E-state index contributed by atoms with van der Waals surface area (Å²) in [6.07, 6.45) is 3.33. The van der Waals surface area contributed by atoms with Gasteiger partial charge in [-0.15, -0.1) is 0 Å². The predicted molar refractivity (Wildman–Crippen MR) is 118 cm³/mol. The third-order valence-corrected chi connectivity index (χ3v) is 5.69. The number of fused-ring (bicyclic) bond motifs is 1. The maximum atomic E-state index is 12.5. The first-order valence-electron chi connectivity index (χ1n) is 10.4. The Morgan fingerprint density at radius 2 is 2.03 bits per heavy atom. The molecule has 5 rings (SSSR count). The number of aromatic nitrogens is 2. The number of hydrogen-bond donors (Lipinski definition) is 2. The van der Waals surface area contributed by atoms with Crippen LogP contribution in [0.25, 0.3) is 10.9 Å². The molecule has 7 heteroatoms. The van der Waals surface area contributed by atoms with E-state index in [1.54, 1.807) is 12.1 Å². The van der Waals surface area contributed by atoms with Crippen LogP contribution in [0.1, 0.15) is 33.5 Å². The number of aromatic amines is 1. The van der Waals surface area contributed by atoms with Crippen molar-refractivity contribution in [3.05, 3.63) is 83.7 Å². The largest absolute Gasteiger partial charge is 0.459 e. The van der Waals surface area contributed by atoms with Crippen LogP contribution >= 0.6 is 0 Å². The normalized spacial score (nSPS) is 15.8. The second kappa shape index (κ2) is 8.37. The minimum Gasteiger partial charge on any atom is -0.459 e. The fourth-order valence-corrected chi connectivity index (χ4v) is 4.27. The van der Waals surface area contributed by atoms with Gasteiger partial charge in [0, 0.05) is 47.1 Å². The summed E-state index contributed by atoms with van der Waals surface area (Å²) in [5.74, 6) is 0.0119. The summed E-state index contributed by atoms with van der Waals surface area (Å²) in [6.45, 7) is 5.17. The van der Waals surface area contributed by atoms with Gasteiger partial charge in [0.1, 0.15) is 0 Å². The Morgan fingerprint density at radius 3 is 2.77 bits per heavy atom. The zero-order valence-corrected chi connectivity index (χ0v) is 17.3. The maximum Gasteiger partial charge on any atom is 0.291 e. The number of H-pyrrole nitrogens is 1. The van der Waals surface area contributed by atoms with Crippen molar-refractivity contribution in [3.8, 4) is 0 Å². The quantitative estimate of drug-likeness (QED) is 0.511. The SMILES string of the molecule is Cc1[nH]c2ccc(NC(=O)c3ccco3)cc2c1[C@H](c1ccccn1)N1CCOCC1. The molecule has 1 amide bonds. The van der Waals surface area contributed by atoms with E-state index in [1.807, 2.05) is 36.5 Å². The molecule has 4 heterocycles. The van der Waals surface area contributed by atoms with Gasteiger partial charge in [0.15, 0.2) is 5.76 Å². The van der Waals surface area contributed by atoms with Gasteiger partial charge in [0.2, 0.25) is 0 Å². The van der Waals surface area contributed by atoms with E-state index in [-0.39, 0.29) is 17.7 Å². The molecule has 1 aliphatic heterocycles. The van der Waals surface area contributed by atoms with Crippen LogP contribution < -0.4 is 5.32 Å². The predicted octanol–water partition coefficient (Wildman–Crippen LogP) is 4.14. The monoisotopic (exact) mass is 416 g/mol. The first kappa shape index (κ1) is 19.5. The first-order valence-corrected chi connectivity index (χ1v) is 10.4. The molecule has 0 bridgehead atoms. The van der Waals surface area contributed by atoms with Crippen molar-refractivity contribution in [2.24, 2.45) is 0 Å². The summed E-state index contributed by atoms with van der Waals surface area (Å²) < 4.78 is 10.8. The van der Waals surface area contributed by atoms with Crippen LogP contribution in [0, 0.1) is 6.92 Å². The van der Waals surface area contributed by atoms with Crippen molar-refractivity contribution in [2.45, 2.75) is 13.0 Å². The summed E-state index contributed by atoms with van der Waals surface area (Å²) in [7, 11) is 0. The number of pyridine rings is 1. The standard InChI is InChI=1S/C24H24N4O3/c1-16-22(23(20-5-2-3-9-25-20)28-10-13-30-14-11-28)18-15-17(7-8-19(18)26-16)27-24(29)21-6-4-12-31-21/h2-9,12,15,23,26H,10-11,13-14H2,1H3,(H,27,29)/t23-/m0/s1. The number of hydrogen-bond acceptors (Lipinski definition) is 5. The summed E-state index contributed by atoms with van der Waals surface area (Å²) >= 11 is 0. The van der Waals surface area contributed by atoms with Crippen LogP contribution in [-0.4, -0.2) is 47.1 Å². The molecule has 4 aromatic rings. The lowest BCUT2D eigenvalue weighted by Gasteiger charge is -2.34. The lowest BCUT2D eigenvalue weighted by atomic mass is 9.97. The highest BCUT2D eigenvalue weighted by Crippen LogP contribution is 2.36. The van der Waals surface area contributed by atoms with E-state index in [1.165, 1.54) is 11.8 Å². The minimum absolute atomic E-state index is 0.00475. The molecule has 7 nitrogen and oxygen atoms in total. The van der Waals surface area contributed by atoms with E-state index >= 15 is 0 Å². The number of amides is 1. The van der Waals surface area contributed by atoms with Crippen LogP contribution in [0.2, 0.25) is 0 Å². The van der Waals surface area contributed by atoms with Gasteiger partial charge in [-0.3, -0.25) is 14.7 Å². The molecule has 1 aliphatic rings. The lowest BCUT2D eigenvalue weighted by Crippen LogP contribution is -2.40. The molecule has 2 N–H and O–H groups in total. The van der Waals surface area contributed by atoms with Gasteiger partial charge >= 0.3 is 0 Å². The molecule has 0 aliphatic carbocycles. The Balaban J connectivity index is 1.58. The molecule has 158 valence electrons. The van der Waals surface area contributed by atoms with Crippen molar-refractivity contribution in [1.82, 2.24) is 14.9 Å². The molecule has 0 saturated carbocycles. The molecular formula is C24H24N4O3. The Bertz CT molecular complexity index is 1180. The van der Waals surface area contributed by atoms with E-state index < -0.39 is 0 Å². The van der Waals surface area contributed by atoms with Crippen LogP contribution in [-0.2, 0) is 4.74 Å². The number of nitrogens with one attached hydrogen (secondary N) is 2. The van der Waals surface area contributed by atoms with E-state index in [0.717, 1.165) is 41.1 Å². The van der Waals surface area contributed by atoms with E-state index in [0.29, 0.717) is 13.2 Å². The van der Waals surface area contributed by atoms with E-state index in [2.05, 4.69) is 33.2 Å². The molecule has 1 atom stereocenters. The second-order valence-electron chi connectivity index (χ2n) is 7.66. The number of carbonyl (C=O) groups is 1. The molecule has 1 saturated heterocycles. The smallest absolute Gasteiger partial charge is 0.291 e. The summed E-state index contributed by atoms with van der Waals surface area (Å²) in [4.78, 5) is 23.1. The van der Waals surface area contributed by atoms with Crippen LogP contribution in [0.5, 0.6) is 0 Å². The molecule has 0 spiro atoms. The highest BCUT2D eigenvalue weighted by atomic mass is 16.5. The number of nitrogens with zero attached hydrogens (tertiary/aromatic N) is 2. The van der Waals surface area contributed by atoms with Crippen molar-refractivity contribution in [3.63, 3.8) is 0 Å². The van der Waals surface area contributed by atoms with Crippen molar-refractivity contribution >= 4 is 22.5 Å². The molecule has 31 heavy (non-hydrogen) atoms. The molecule has 0 unspecified atom stereocenters. The third-order valence-electron chi connectivity index (χ3n) is 5.69. The number of morpholine rings is 1. The molecule has 3 aromatic heterocycles. The topological polar surface area (TPSA) is 83.4 Å². The lowest BCUT2D eigenvalue weighted by molar-refractivity contribution is 0.0234. The average molecular weight is 416 g/mol. The van der Waals surface area contributed by atoms with E-state index in [9.17, 15) is 4.79 Å². The van der Waals surface area contributed by atoms with Gasteiger partial charge in [-0.1, -0.05) is 6.07 Å². The van der Waals surface area contributed by atoms with E-state index in [4.69, 9.17) is 9.15 Å². The summed E-state index contributed by atoms with van der Waals surface area (Å²) in [6, 6.07) is 15.3. The van der Waals surface area contributed by atoms with Crippen molar-refractivity contribution in [1.29, 1.82) is 0 Å². The maximum absolute atomic E-state index is 12.5. The van der Waals surface area contributed by atoms with Gasteiger partial charge < -0.3 is 19.5 Å². The Kier molecular flexibility index (Phi) is 5.28. The minimum atomic E-state index is -0.271. The number of furan rings is 1. The zero-order chi connectivity index (χ0) is 21.2.